The van der Waals surface area contributed by atoms with Crippen LogP contribution in [-0.4, -0.2) is 35.6 Å². The standard InChI is InChI=1S/C16H20N4O3/c1-22-11-3-4-14(23-2)10(7-11)8-20-6-5-13-12(9-20)15(21)19-16(17)18-13/h3-4,7H,5-6,8-9H2,1-2H3,(H3,17,18,19,21). The number of nitrogen functional groups attached to an aromatic ring is 1. The van der Waals surface area contributed by atoms with Gasteiger partial charge in [-0.3, -0.25) is 14.7 Å². The summed E-state index contributed by atoms with van der Waals surface area (Å²) >= 11 is 0. The van der Waals surface area contributed by atoms with E-state index in [1.165, 1.54) is 0 Å². The highest BCUT2D eigenvalue weighted by Crippen LogP contribution is 2.26. The van der Waals surface area contributed by atoms with Crippen LogP contribution in [0.15, 0.2) is 23.0 Å². The van der Waals surface area contributed by atoms with E-state index >= 15 is 0 Å². The fourth-order valence-corrected chi connectivity index (χ4v) is 2.88. The largest absolute Gasteiger partial charge is 0.497 e. The van der Waals surface area contributed by atoms with Crippen LogP contribution in [0.1, 0.15) is 16.8 Å². The Labute approximate surface area is 134 Å². The van der Waals surface area contributed by atoms with E-state index < -0.39 is 0 Å². The first-order valence-corrected chi connectivity index (χ1v) is 7.41. The molecule has 7 heteroatoms. The molecule has 1 aromatic heterocycles. The highest BCUT2D eigenvalue weighted by atomic mass is 16.5. The minimum Gasteiger partial charge on any atom is -0.497 e. The Morgan fingerprint density at radius 2 is 2.17 bits per heavy atom. The molecular weight excluding hydrogens is 296 g/mol. The number of benzene rings is 1. The van der Waals surface area contributed by atoms with Gasteiger partial charge in [-0.15, -0.1) is 0 Å². The molecule has 1 aliphatic rings. The molecule has 0 bridgehead atoms. The lowest BCUT2D eigenvalue weighted by atomic mass is 10.1. The molecule has 3 N–H and O–H groups in total. The number of aromatic amines is 1. The first-order chi connectivity index (χ1) is 11.1. The Bertz CT molecular complexity index is 772. The second kappa shape index (κ2) is 6.29. The van der Waals surface area contributed by atoms with E-state index in [1.54, 1.807) is 14.2 Å². The van der Waals surface area contributed by atoms with E-state index in [2.05, 4.69) is 14.9 Å². The van der Waals surface area contributed by atoms with Gasteiger partial charge in [0.05, 0.1) is 25.5 Å². The smallest absolute Gasteiger partial charge is 0.257 e. The molecule has 1 aromatic carbocycles. The third-order valence-corrected chi connectivity index (χ3v) is 4.05. The van der Waals surface area contributed by atoms with Gasteiger partial charge in [0.25, 0.3) is 5.56 Å². The Hall–Kier alpha value is -2.54. The number of fused-ring (bicyclic) bond motifs is 1. The second-order valence-electron chi connectivity index (χ2n) is 5.51. The van der Waals surface area contributed by atoms with Crippen LogP contribution in [0.4, 0.5) is 5.95 Å². The number of nitrogens with one attached hydrogen (secondary N) is 1. The summed E-state index contributed by atoms with van der Waals surface area (Å²) in [6.45, 7) is 2.02. The van der Waals surface area contributed by atoms with Crippen molar-refractivity contribution in [3.05, 3.63) is 45.4 Å². The molecule has 0 saturated carbocycles. The highest BCUT2D eigenvalue weighted by Gasteiger charge is 2.22. The van der Waals surface area contributed by atoms with Gasteiger partial charge in [0.2, 0.25) is 5.95 Å². The van der Waals surface area contributed by atoms with Gasteiger partial charge in [-0.25, -0.2) is 4.98 Å². The molecule has 23 heavy (non-hydrogen) atoms. The predicted octanol–water partition coefficient (Wildman–Crippen LogP) is 0.928. The van der Waals surface area contributed by atoms with Crippen molar-refractivity contribution in [2.24, 2.45) is 0 Å². The number of aromatic nitrogens is 2. The molecule has 3 rings (SSSR count). The van der Waals surface area contributed by atoms with Gasteiger partial charge in [-0.1, -0.05) is 0 Å². The summed E-state index contributed by atoms with van der Waals surface area (Å²) in [4.78, 5) is 21.0. The number of rotatable bonds is 4. The summed E-state index contributed by atoms with van der Waals surface area (Å²) in [6, 6.07) is 5.71. The van der Waals surface area contributed by atoms with Gasteiger partial charge in [0.1, 0.15) is 11.5 Å². The number of H-pyrrole nitrogens is 1. The molecule has 0 atom stereocenters. The Morgan fingerprint density at radius 1 is 1.35 bits per heavy atom. The molecule has 0 spiro atoms. The van der Waals surface area contributed by atoms with Gasteiger partial charge in [-0.05, 0) is 18.2 Å². The molecule has 2 heterocycles. The van der Waals surface area contributed by atoms with Crippen molar-refractivity contribution in [3.8, 4) is 11.5 Å². The Kier molecular flexibility index (Phi) is 4.20. The normalized spacial score (nSPS) is 14.3. The van der Waals surface area contributed by atoms with Gasteiger partial charge >= 0.3 is 0 Å². The van der Waals surface area contributed by atoms with Crippen LogP contribution in [0, 0.1) is 0 Å². The number of methoxy groups -OCH3 is 2. The van der Waals surface area contributed by atoms with E-state index in [0.717, 1.165) is 29.3 Å². The zero-order valence-electron chi connectivity index (χ0n) is 13.3. The maximum absolute atomic E-state index is 12.1. The first kappa shape index (κ1) is 15.4. The summed E-state index contributed by atoms with van der Waals surface area (Å²) in [6.07, 6.45) is 0.704. The second-order valence-corrected chi connectivity index (χ2v) is 5.51. The van der Waals surface area contributed by atoms with Gasteiger partial charge in [0.15, 0.2) is 0 Å². The van der Waals surface area contributed by atoms with Crippen molar-refractivity contribution in [1.82, 2.24) is 14.9 Å². The van der Waals surface area contributed by atoms with Crippen molar-refractivity contribution >= 4 is 5.95 Å². The fourth-order valence-electron chi connectivity index (χ4n) is 2.88. The summed E-state index contributed by atoms with van der Waals surface area (Å²) in [5, 5.41) is 0. The quantitative estimate of drug-likeness (QED) is 0.871. The Balaban J connectivity index is 1.84. The number of hydrogen-bond donors (Lipinski definition) is 2. The van der Waals surface area contributed by atoms with Crippen LogP contribution < -0.4 is 20.8 Å². The molecule has 2 aromatic rings. The van der Waals surface area contributed by atoms with Crippen LogP contribution in [0.25, 0.3) is 0 Å². The number of ether oxygens (including phenoxy) is 2. The molecule has 0 unspecified atom stereocenters. The summed E-state index contributed by atoms with van der Waals surface area (Å²) < 4.78 is 10.7. The molecule has 0 amide bonds. The summed E-state index contributed by atoms with van der Waals surface area (Å²) in [5.41, 5.74) is 7.94. The summed E-state index contributed by atoms with van der Waals surface area (Å²) in [7, 11) is 3.28. The van der Waals surface area contributed by atoms with Gasteiger partial charge in [-0.2, -0.15) is 0 Å². The van der Waals surface area contributed by atoms with E-state index in [-0.39, 0.29) is 11.5 Å². The molecule has 122 valence electrons. The third-order valence-electron chi connectivity index (χ3n) is 4.05. The van der Waals surface area contributed by atoms with Crippen LogP contribution in [0.3, 0.4) is 0 Å². The van der Waals surface area contributed by atoms with Crippen molar-refractivity contribution in [1.29, 1.82) is 0 Å². The monoisotopic (exact) mass is 316 g/mol. The molecule has 0 aliphatic carbocycles. The van der Waals surface area contributed by atoms with Crippen LogP contribution in [0.5, 0.6) is 11.5 Å². The minimum atomic E-state index is -0.158. The van der Waals surface area contributed by atoms with Crippen LogP contribution >= 0.6 is 0 Å². The molecule has 0 radical (unpaired) electrons. The lowest BCUT2D eigenvalue weighted by Crippen LogP contribution is -2.35. The number of anilines is 1. The number of hydrogen-bond acceptors (Lipinski definition) is 6. The zero-order valence-corrected chi connectivity index (χ0v) is 13.3. The van der Waals surface area contributed by atoms with Crippen molar-refractivity contribution in [3.63, 3.8) is 0 Å². The predicted molar refractivity (Wildman–Crippen MR) is 86.6 cm³/mol. The fraction of sp³-hybridized carbons (Fsp3) is 0.375. The zero-order chi connectivity index (χ0) is 16.4. The molecule has 7 nitrogen and oxygen atoms in total. The SMILES string of the molecule is COc1ccc(OC)c(CN2CCc3nc(N)[nH]c(=O)c3C2)c1. The molecule has 0 saturated heterocycles. The summed E-state index contributed by atoms with van der Waals surface area (Å²) in [5.74, 6) is 1.77. The lowest BCUT2D eigenvalue weighted by molar-refractivity contribution is 0.238. The van der Waals surface area contributed by atoms with Crippen LogP contribution in [0.2, 0.25) is 0 Å². The highest BCUT2D eigenvalue weighted by molar-refractivity contribution is 5.40. The topological polar surface area (TPSA) is 93.5 Å². The maximum Gasteiger partial charge on any atom is 0.257 e. The molecular formula is C16H20N4O3. The molecule has 0 fully saturated rings. The molecule has 1 aliphatic heterocycles. The average molecular weight is 316 g/mol. The lowest BCUT2D eigenvalue weighted by Gasteiger charge is -2.28. The van der Waals surface area contributed by atoms with E-state index in [4.69, 9.17) is 15.2 Å². The van der Waals surface area contributed by atoms with Crippen molar-refractivity contribution < 1.29 is 9.47 Å². The Morgan fingerprint density at radius 3 is 2.91 bits per heavy atom. The minimum absolute atomic E-state index is 0.158. The maximum atomic E-state index is 12.1. The van der Waals surface area contributed by atoms with Crippen molar-refractivity contribution in [2.45, 2.75) is 19.5 Å². The van der Waals surface area contributed by atoms with Gasteiger partial charge in [0, 0.05) is 31.6 Å². The van der Waals surface area contributed by atoms with E-state index in [0.29, 0.717) is 25.1 Å². The van der Waals surface area contributed by atoms with Crippen molar-refractivity contribution in [2.75, 3.05) is 26.5 Å². The number of nitrogens with zero attached hydrogens (tertiary/aromatic N) is 2. The average Bonchev–Trinajstić information content (AvgIpc) is 2.55. The van der Waals surface area contributed by atoms with Gasteiger partial charge < -0.3 is 15.2 Å². The van der Waals surface area contributed by atoms with E-state index in [1.807, 2.05) is 18.2 Å². The van der Waals surface area contributed by atoms with E-state index in [9.17, 15) is 4.79 Å². The number of nitrogens with two attached hydrogens (primary N) is 1. The first-order valence-electron chi connectivity index (χ1n) is 7.41. The van der Waals surface area contributed by atoms with Crippen LogP contribution in [-0.2, 0) is 19.5 Å². The third kappa shape index (κ3) is 3.14.